The first-order chi connectivity index (χ1) is 12.7. The molecule has 1 aliphatic carbocycles. The molecule has 2 aromatic rings. The third kappa shape index (κ3) is 6.97. The van der Waals surface area contributed by atoms with Crippen molar-refractivity contribution >= 4 is 17.2 Å². The number of oxazole rings is 1. The number of methoxy groups -OCH3 is 1. The number of para-hydroxylation sites is 2. The number of fused-ring (bicyclic) bond motifs is 1. The lowest BCUT2D eigenvalue weighted by Gasteiger charge is -1.96. The van der Waals surface area contributed by atoms with Gasteiger partial charge in [0.2, 0.25) is 5.89 Å². The summed E-state index contributed by atoms with van der Waals surface area (Å²) in [5, 5.41) is 8.67. The van der Waals surface area contributed by atoms with Gasteiger partial charge in [0.15, 0.2) is 5.58 Å². The van der Waals surface area contributed by atoms with Crippen LogP contribution < -0.4 is 0 Å². The van der Waals surface area contributed by atoms with E-state index >= 15 is 0 Å². The maximum atomic E-state index is 8.67. The van der Waals surface area contributed by atoms with Gasteiger partial charge >= 0.3 is 0 Å². The van der Waals surface area contributed by atoms with Gasteiger partial charge in [-0.2, -0.15) is 5.26 Å². The zero-order valence-corrected chi connectivity index (χ0v) is 15.5. The smallest absolute Gasteiger partial charge is 0.219 e. The van der Waals surface area contributed by atoms with Crippen LogP contribution in [0.3, 0.4) is 0 Å². The minimum atomic E-state index is 0.0612. The second-order valence-corrected chi connectivity index (χ2v) is 5.85. The molecule has 4 nitrogen and oxygen atoms in total. The third-order valence-corrected chi connectivity index (χ3v) is 3.84. The highest BCUT2D eigenvalue weighted by atomic mass is 16.5. The van der Waals surface area contributed by atoms with Gasteiger partial charge in [-0.05, 0) is 43.9 Å². The molecule has 0 saturated heterocycles. The van der Waals surface area contributed by atoms with Crippen LogP contribution >= 0.6 is 0 Å². The molecular weight excluding hydrogens is 324 g/mol. The van der Waals surface area contributed by atoms with Gasteiger partial charge in [0.1, 0.15) is 5.52 Å². The summed E-state index contributed by atoms with van der Waals surface area (Å²) in [6, 6.07) is 10.0. The molecule has 1 aromatic heterocycles. The Morgan fingerprint density at radius 1 is 1.27 bits per heavy atom. The lowest BCUT2D eigenvalue weighted by atomic mass is 10.0. The van der Waals surface area contributed by atoms with Gasteiger partial charge < -0.3 is 9.15 Å². The Balaban J connectivity index is 0.000000249. The number of hydrogen-bond donors (Lipinski definition) is 0. The lowest BCUT2D eigenvalue weighted by Crippen LogP contribution is -1.91. The molecule has 1 aliphatic rings. The first kappa shape index (κ1) is 21.2. The Bertz CT molecular complexity index is 741. The van der Waals surface area contributed by atoms with Crippen LogP contribution in [-0.2, 0) is 4.74 Å². The van der Waals surface area contributed by atoms with Crippen LogP contribution in [0.4, 0.5) is 0 Å². The van der Waals surface area contributed by atoms with Crippen LogP contribution in [0.1, 0.15) is 38.5 Å². The van der Waals surface area contributed by atoms with E-state index in [0.29, 0.717) is 12.5 Å². The normalized spacial score (nSPS) is 14.3. The molecule has 4 heteroatoms. The zero-order chi connectivity index (χ0) is 19.3. The predicted octanol–water partition coefficient (Wildman–Crippen LogP) is 5.38. The number of nitriles is 1. The van der Waals surface area contributed by atoms with Crippen LogP contribution in [0.5, 0.6) is 0 Å². The molecule has 1 aromatic carbocycles. The first-order valence-corrected chi connectivity index (χ1v) is 8.63. The summed E-state index contributed by atoms with van der Waals surface area (Å²) in [7, 11) is 1.65. The van der Waals surface area contributed by atoms with E-state index in [-0.39, 0.29) is 5.41 Å². The van der Waals surface area contributed by atoms with Crippen molar-refractivity contribution in [3.05, 3.63) is 48.4 Å². The van der Waals surface area contributed by atoms with E-state index in [9.17, 15) is 0 Å². The third-order valence-electron chi connectivity index (χ3n) is 3.84. The SMILES string of the molecule is C#C.CC/C=C\CC1(C#N)CC1.COC/C=C/c1nc2ccccc2o1. The minimum Gasteiger partial charge on any atom is -0.437 e. The molecular formula is C22H26N2O2. The highest BCUT2D eigenvalue weighted by Gasteiger charge is 2.41. The first-order valence-electron chi connectivity index (χ1n) is 8.63. The standard InChI is InChI=1S/C11H11NO2.C9H13N.C2H2/c1-13-8-4-7-11-12-9-5-2-3-6-10(9)14-11;1-2-3-4-5-9(8-10)6-7-9;1-2/h2-7H,8H2,1H3;3-4H,2,5-7H2,1H3;1-2H/b7-4+;4-3-;. The van der Waals surface area contributed by atoms with Crippen LogP contribution in [0.15, 0.2) is 46.9 Å². The van der Waals surface area contributed by atoms with Crippen molar-refractivity contribution < 1.29 is 9.15 Å². The molecule has 0 N–H and O–H groups in total. The van der Waals surface area contributed by atoms with Crippen molar-refractivity contribution in [2.24, 2.45) is 5.41 Å². The molecule has 0 bridgehead atoms. The van der Waals surface area contributed by atoms with Gasteiger partial charge in [-0.1, -0.05) is 37.3 Å². The van der Waals surface area contributed by atoms with Gasteiger partial charge in [0.25, 0.3) is 0 Å². The second-order valence-electron chi connectivity index (χ2n) is 5.85. The largest absolute Gasteiger partial charge is 0.437 e. The zero-order valence-electron chi connectivity index (χ0n) is 15.5. The van der Waals surface area contributed by atoms with E-state index in [4.69, 9.17) is 14.4 Å². The molecule has 0 unspecified atom stereocenters. The number of ether oxygens (including phenoxy) is 1. The maximum absolute atomic E-state index is 8.67. The monoisotopic (exact) mass is 350 g/mol. The lowest BCUT2D eigenvalue weighted by molar-refractivity contribution is 0.234. The molecule has 1 heterocycles. The van der Waals surface area contributed by atoms with Crippen LogP contribution in [0.25, 0.3) is 17.2 Å². The van der Waals surface area contributed by atoms with E-state index in [1.165, 1.54) is 0 Å². The summed E-state index contributed by atoms with van der Waals surface area (Å²) in [5.74, 6) is 0.614. The van der Waals surface area contributed by atoms with Crippen molar-refractivity contribution in [1.29, 1.82) is 5.26 Å². The van der Waals surface area contributed by atoms with Gasteiger partial charge in [0.05, 0.1) is 18.1 Å². The maximum Gasteiger partial charge on any atom is 0.219 e. The molecule has 136 valence electrons. The van der Waals surface area contributed by atoms with Crippen molar-refractivity contribution in [3.63, 3.8) is 0 Å². The van der Waals surface area contributed by atoms with Crippen LogP contribution in [0, 0.1) is 29.6 Å². The predicted molar refractivity (Wildman–Crippen MR) is 106 cm³/mol. The number of aromatic nitrogens is 1. The average molecular weight is 350 g/mol. The fourth-order valence-electron chi connectivity index (χ4n) is 2.19. The van der Waals surface area contributed by atoms with E-state index in [1.807, 2.05) is 36.4 Å². The Morgan fingerprint density at radius 2 is 2.00 bits per heavy atom. The number of allylic oxidation sites excluding steroid dienone is 2. The number of terminal acetylenes is 1. The van der Waals surface area contributed by atoms with Crippen molar-refractivity contribution in [2.45, 2.75) is 32.6 Å². The Kier molecular flexibility index (Phi) is 9.54. The van der Waals surface area contributed by atoms with Crippen molar-refractivity contribution in [3.8, 4) is 18.9 Å². The summed E-state index contributed by atoms with van der Waals surface area (Å²) >= 11 is 0. The number of benzene rings is 1. The Hall–Kier alpha value is -2.82. The fourth-order valence-corrected chi connectivity index (χ4v) is 2.19. The van der Waals surface area contributed by atoms with Crippen LogP contribution in [0.2, 0.25) is 0 Å². The molecule has 1 fully saturated rings. The van der Waals surface area contributed by atoms with Crippen molar-refractivity contribution in [2.75, 3.05) is 13.7 Å². The topological polar surface area (TPSA) is 59.0 Å². The molecule has 0 radical (unpaired) electrons. The Labute approximate surface area is 156 Å². The number of rotatable bonds is 6. The van der Waals surface area contributed by atoms with E-state index in [1.54, 1.807) is 7.11 Å². The van der Waals surface area contributed by atoms with Gasteiger partial charge in [-0.15, -0.1) is 12.8 Å². The van der Waals surface area contributed by atoms with E-state index in [0.717, 1.165) is 36.8 Å². The second kappa shape index (κ2) is 11.7. The summed E-state index contributed by atoms with van der Waals surface area (Å²) in [6.45, 7) is 2.68. The highest BCUT2D eigenvalue weighted by Crippen LogP contribution is 2.48. The fraction of sp³-hybridized carbons (Fsp3) is 0.364. The van der Waals surface area contributed by atoms with E-state index < -0.39 is 0 Å². The molecule has 1 saturated carbocycles. The molecule has 0 aliphatic heterocycles. The van der Waals surface area contributed by atoms with E-state index in [2.05, 4.69) is 43.0 Å². The molecule has 0 spiro atoms. The Morgan fingerprint density at radius 3 is 2.58 bits per heavy atom. The van der Waals surface area contributed by atoms with Gasteiger partial charge in [0, 0.05) is 7.11 Å². The average Bonchev–Trinajstić information content (AvgIpc) is 3.34. The summed E-state index contributed by atoms with van der Waals surface area (Å²) < 4.78 is 10.3. The van der Waals surface area contributed by atoms with Crippen molar-refractivity contribution in [1.82, 2.24) is 4.98 Å². The van der Waals surface area contributed by atoms with Gasteiger partial charge in [-0.3, -0.25) is 0 Å². The molecule has 3 rings (SSSR count). The van der Waals surface area contributed by atoms with Gasteiger partial charge in [-0.25, -0.2) is 4.98 Å². The molecule has 0 atom stereocenters. The summed E-state index contributed by atoms with van der Waals surface area (Å²) in [4.78, 5) is 4.28. The molecule has 0 amide bonds. The number of nitrogens with zero attached hydrogens (tertiary/aromatic N) is 2. The highest BCUT2D eigenvalue weighted by molar-refractivity contribution is 5.73. The van der Waals surface area contributed by atoms with Crippen LogP contribution in [-0.4, -0.2) is 18.7 Å². The quantitative estimate of drug-likeness (QED) is 0.518. The number of hydrogen-bond acceptors (Lipinski definition) is 4. The summed E-state index contributed by atoms with van der Waals surface area (Å²) in [5.41, 5.74) is 1.75. The molecule has 26 heavy (non-hydrogen) atoms. The minimum absolute atomic E-state index is 0.0612. The summed E-state index contributed by atoms with van der Waals surface area (Å²) in [6.07, 6.45) is 20.2.